The van der Waals surface area contributed by atoms with Crippen LogP contribution in [0, 0.1) is 34.0 Å². The monoisotopic (exact) mass is 356 g/mol. The molecule has 2 nitrogen and oxygen atoms in total. The van der Waals surface area contributed by atoms with Gasteiger partial charge in [-0.05, 0) is 92.1 Å². The van der Waals surface area contributed by atoms with Gasteiger partial charge in [-0.1, -0.05) is 32.4 Å². The van der Waals surface area contributed by atoms with Crippen LogP contribution < -0.4 is 0 Å². The second-order valence-electron chi connectivity index (χ2n) is 10.3. The Hall–Kier alpha value is -0.890. The maximum Gasteiger partial charge on any atom is 0.178 e. The summed E-state index contributed by atoms with van der Waals surface area (Å²) in [6, 6.07) is 0. The molecule has 2 heteroatoms. The SMILES string of the molecule is COCCC[C@@]1(C)CC[C@H]2C3CCC4=CC(=O)C=C[C@]4(C)[C@H]3CC[C@@]21C. The molecular weight excluding hydrogens is 320 g/mol. The summed E-state index contributed by atoms with van der Waals surface area (Å²) in [6.45, 7) is 8.49. The second kappa shape index (κ2) is 6.33. The lowest BCUT2D eigenvalue weighted by atomic mass is 9.46. The Bertz CT molecular complexity index is 647. The lowest BCUT2D eigenvalue weighted by Crippen LogP contribution is -2.51. The normalized spacial score (nSPS) is 47.2. The van der Waals surface area contributed by atoms with Crippen LogP contribution in [0.15, 0.2) is 23.8 Å². The summed E-state index contributed by atoms with van der Waals surface area (Å²) < 4.78 is 5.34. The molecule has 0 aromatic heterocycles. The first-order valence-electron chi connectivity index (χ1n) is 10.8. The highest BCUT2D eigenvalue weighted by atomic mass is 16.5. The number of rotatable bonds is 4. The average molecular weight is 357 g/mol. The van der Waals surface area contributed by atoms with Crippen molar-refractivity contribution in [2.24, 2.45) is 34.0 Å². The number of ether oxygens (including phenoxy) is 1. The minimum absolute atomic E-state index is 0.132. The Labute approximate surface area is 159 Å². The first-order chi connectivity index (χ1) is 12.3. The lowest BCUT2D eigenvalue weighted by molar-refractivity contribution is -0.111. The molecule has 0 N–H and O–H groups in total. The zero-order chi connectivity index (χ0) is 18.6. The third-order valence-corrected chi connectivity index (χ3v) is 9.41. The molecular formula is C24H36O2. The van der Waals surface area contributed by atoms with Crippen molar-refractivity contribution in [1.82, 2.24) is 0 Å². The van der Waals surface area contributed by atoms with Crippen molar-refractivity contribution in [3.05, 3.63) is 23.8 Å². The molecule has 26 heavy (non-hydrogen) atoms. The van der Waals surface area contributed by atoms with Gasteiger partial charge in [0, 0.05) is 19.1 Å². The van der Waals surface area contributed by atoms with Gasteiger partial charge in [-0.2, -0.15) is 0 Å². The molecule has 0 amide bonds. The topological polar surface area (TPSA) is 26.3 Å². The van der Waals surface area contributed by atoms with Gasteiger partial charge in [0.25, 0.3) is 0 Å². The van der Waals surface area contributed by atoms with Crippen molar-refractivity contribution in [1.29, 1.82) is 0 Å². The van der Waals surface area contributed by atoms with E-state index in [4.69, 9.17) is 4.74 Å². The van der Waals surface area contributed by atoms with Gasteiger partial charge < -0.3 is 4.74 Å². The van der Waals surface area contributed by atoms with E-state index in [1.54, 1.807) is 0 Å². The van der Waals surface area contributed by atoms with Crippen molar-refractivity contribution in [3.63, 3.8) is 0 Å². The molecule has 3 saturated carbocycles. The van der Waals surface area contributed by atoms with Gasteiger partial charge in [0.2, 0.25) is 0 Å². The van der Waals surface area contributed by atoms with Gasteiger partial charge in [-0.3, -0.25) is 4.79 Å². The fourth-order valence-electron chi connectivity index (χ4n) is 7.58. The highest BCUT2D eigenvalue weighted by Gasteiger charge is 2.61. The number of hydrogen-bond donors (Lipinski definition) is 0. The third kappa shape index (κ3) is 2.51. The lowest BCUT2D eigenvalue weighted by Gasteiger charge is -2.59. The zero-order valence-corrected chi connectivity index (χ0v) is 17.1. The van der Waals surface area contributed by atoms with Gasteiger partial charge in [0.15, 0.2) is 5.78 Å². The van der Waals surface area contributed by atoms with E-state index in [1.165, 1.54) is 50.5 Å². The van der Waals surface area contributed by atoms with Crippen LogP contribution in [-0.2, 0) is 9.53 Å². The van der Waals surface area contributed by atoms with Crippen LogP contribution in [0.5, 0.6) is 0 Å². The van der Waals surface area contributed by atoms with Crippen LogP contribution in [0.2, 0.25) is 0 Å². The highest BCUT2D eigenvalue weighted by Crippen LogP contribution is 2.70. The molecule has 0 bridgehead atoms. The van der Waals surface area contributed by atoms with Crippen LogP contribution in [0.1, 0.15) is 72.1 Å². The molecule has 3 fully saturated rings. The average Bonchev–Trinajstić information content (AvgIpc) is 2.87. The number of methoxy groups -OCH3 is 1. The molecule has 144 valence electrons. The Kier molecular flexibility index (Phi) is 4.50. The van der Waals surface area contributed by atoms with Gasteiger partial charge >= 0.3 is 0 Å². The van der Waals surface area contributed by atoms with Crippen LogP contribution in [0.3, 0.4) is 0 Å². The number of hydrogen-bond acceptors (Lipinski definition) is 2. The summed E-state index contributed by atoms with van der Waals surface area (Å²) >= 11 is 0. The third-order valence-electron chi connectivity index (χ3n) is 9.41. The summed E-state index contributed by atoms with van der Waals surface area (Å²) in [5.41, 5.74) is 2.49. The number of allylic oxidation sites excluding steroid dienone is 4. The van der Waals surface area contributed by atoms with E-state index in [-0.39, 0.29) is 11.2 Å². The molecule has 4 aliphatic rings. The van der Waals surface area contributed by atoms with Crippen LogP contribution in [0.4, 0.5) is 0 Å². The molecule has 4 rings (SSSR count). The molecule has 4 aliphatic carbocycles. The Morgan fingerprint density at radius 1 is 1.12 bits per heavy atom. The summed E-state index contributed by atoms with van der Waals surface area (Å²) in [7, 11) is 1.82. The predicted octanol–water partition coefficient (Wildman–Crippen LogP) is 5.73. The first-order valence-corrected chi connectivity index (χ1v) is 10.8. The number of ketones is 1. The molecule has 1 unspecified atom stereocenters. The standard InChI is InChI=1S/C24H36O2/c1-22(11-5-15-26-4)12-9-21-19-7-6-17-16-18(25)8-13-23(17,2)20(19)10-14-24(21,22)3/h8,13,16,19-21H,5-7,9-12,14-15H2,1-4H3/t19?,20-,21-,22-,23-,24-/m0/s1. The predicted molar refractivity (Wildman–Crippen MR) is 106 cm³/mol. The zero-order valence-electron chi connectivity index (χ0n) is 17.1. The van der Waals surface area contributed by atoms with E-state index in [2.05, 4.69) is 26.8 Å². The van der Waals surface area contributed by atoms with Crippen molar-refractivity contribution < 1.29 is 9.53 Å². The van der Waals surface area contributed by atoms with Gasteiger partial charge in [-0.25, -0.2) is 0 Å². The minimum atomic E-state index is 0.132. The molecule has 0 aliphatic heterocycles. The first kappa shape index (κ1) is 18.5. The highest BCUT2D eigenvalue weighted by molar-refractivity contribution is 6.01. The maximum absolute atomic E-state index is 11.9. The molecule has 0 aromatic carbocycles. The molecule has 0 spiro atoms. The van der Waals surface area contributed by atoms with Gasteiger partial charge in [0.05, 0.1) is 0 Å². The Morgan fingerprint density at radius 2 is 1.88 bits per heavy atom. The van der Waals surface area contributed by atoms with Crippen molar-refractivity contribution >= 4 is 5.78 Å². The summed E-state index contributed by atoms with van der Waals surface area (Å²) in [6.07, 6.45) is 16.4. The summed E-state index contributed by atoms with van der Waals surface area (Å²) in [4.78, 5) is 11.9. The maximum atomic E-state index is 11.9. The van der Waals surface area contributed by atoms with E-state index in [9.17, 15) is 4.79 Å². The molecule has 0 radical (unpaired) electrons. The van der Waals surface area contributed by atoms with Crippen molar-refractivity contribution in [3.8, 4) is 0 Å². The van der Waals surface area contributed by atoms with Gasteiger partial charge in [-0.15, -0.1) is 0 Å². The van der Waals surface area contributed by atoms with Crippen molar-refractivity contribution in [2.45, 2.75) is 72.1 Å². The largest absolute Gasteiger partial charge is 0.385 e. The molecule has 0 aromatic rings. The van der Waals surface area contributed by atoms with E-state index in [0.717, 1.165) is 30.8 Å². The van der Waals surface area contributed by atoms with E-state index in [0.29, 0.717) is 10.8 Å². The van der Waals surface area contributed by atoms with Crippen molar-refractivity contribution in [2.75, 3.05) is 13.7 Å². The minimum Gasteiger partial charge on any atom is -0.385 e. The van der Waals surface area contributed by atoms with E-state index < -0.39 is 0 Å². The van der Waals surface area contributed by atoms with E-state index >= 15 is 0 Å². The van der Waals surface area contributed by atoms with Crippen LogP contribution in [0.25, 0.3) is 0 Å². The van der Waals surface area contributed by atoms with Crippen LogP contribution >= 0.6 is 0 Å². The number of fused-ring (bicyclic) bond motifs is 5. The molecule has 0 heterocycles. The summed E-state index contributed by atoms with van der Waals surface area (Å²) in [5, 5.41) is 0. The fraction of sp³-hybridized carbons (Fsp3) is 0.792. The number of carbonyl (C=O) groups is 1. The fourth-order valence-corrected chi connectivity index (χ4v) is 7.58. The quantitative estimate of drug-likeness (QED) is 0.602. The number of carbonyl (C=O) groups excluding carboxylic acids is 1. The van der Waals surface area contributed by atoms with Crippen LogP contribution in [-0.4, -0.2) is 19.5 Å². The summed E-state index contributed by atoms with van der Waals surface area (Å²) in [5.74, 6) is 2.62. The smallest absolute Gasteiger partial charge is 0.178 e. The molecule has 0 saturated heterocycles. The Morgan fingerprint density at radius 3 is 2.65 bits per heavy atom. The Balaban J connectivity index is 1.59. The van der Waals surface area contributed by atoms with Gasteiger partial charge in [0.1, 0.15) is 0 Å². The van der Waals surface area contributed by atoms with E-state index in [1.807, 2.05) is 19.3 Å². The molecule has 6 atom stereocenters. The second-order valence-corrected chi connectivity index (χ2v) is 10.3.